The highest BCUT2D eigenvalue weighted by atomic mass is 16.5. The molecule has 0 amide bonds. The van der Waals surface area contributed by atoms with Crippen LogP contribution in [-0.4, -0.2) is 11.2 Å². The molecular weight excluding hydrogens is 599 g/mol. The van der Waals surface area contributed by atoms with Gasteiger partial charge in [-0.25, -0.2) is 0 Å². The van der Waals surface area contributed by atoms with Crippen LogP contribution in [0.5, 0.6) is 5.75 Å². The smallest absolute Gasteiger partial charge is 0.139 e. The van der Waals surface area contributed by atoms with Crippen molar-refractivity contribution in [3.8, 4) is 22.6 Å². The highest BCUT2D eigenvalue weighted by Gasteiger charge is 2.31. The zero-order valence-electron chi connectivity index (χ0n) is 26.6. The molecule has 0 aliphatic carbocycles. The van der Waals surface area contributed by atoms with E-state index in [9.17, 15) is 0 Å². The number of hydrogen-bond donors (Lipinski definition) is 0. The van der Waals surface area contributed by atoms with Gasteiger partial charge in [0.15, 0.2) is 0 Å². The maximum atomic E-state index is 6.45. The van der Waals surface area contributed by atoms with E-state index in [2.05, 4.69) is 150 Å². The van der Waals surface area contributed by atoms with Gasteiger partial charge in [0.1, 0.15) is 16.9 Å². The van der Waals surface area contributed by atoms with Gasteiger partial charge in [0, 0.05) is 44.8 Å². The molecule has 3 heterocycles. The summed E-state index contributed by atoms with van der Waals surface area (Å²) in [6.07, 6.45) is 0. The van der Waals surface area contributed by atoms with Crippen molar-refractivity contribution < 1.29 is 9.15 Å². The van der Waals surface area contributed by atoms with Crippen molar-refractivity contribution in [1.82, 2.24) is 4.57 Å². The maximum absolute atomic E-state index is 6.45. The molecule has 1 atom stereocenters. The van der Waals surface area contributed by atoms with Crippen molar-refractivity contribution in [2.75, 3.05) is 6.61 Å². The van der Waals surface area contributed by atoms with Gasteiger partial charge in [-0.15, -0.1) is 0 Å². The fourth-order valence-corrected chi connectivity index (χ4v) is 8.50. The van der Waals surface area contributed by atoms with E-state index in [0.717, 1.165) is 33.4 Å². The first-order valence-corrected chi connectivity index (χ1v) is 16.9. The minimum absolute atomic E-state index is 0.0833. The molecule has 0 spiro atoms. The first kappa shape index (κ1) is 26.7. The predicted octanol–water partition coefficient (Wildman–Crippen LogP) is 12.2. The normalized spacial score (nSPS) is 14.4. The van der Waals surface area contributed by atoms with E-state index >= 15 is 0 Å². The molecular formula is C46H29NO2. The van der Waals surface area contributed by atoms with E-state index in [-0.39, 0.29) is 5.92 Å². The third kappa shape index (κ3) is 3.78. The van der Waals surface area contributed by atoms with Crippen molar-refractivity contribution in [1.29, 1.82) is 0 Å². The standard InChI is InChI=1S/C46H29NO2/c1-2-12-29(13-3-1)47-40-20-10-8-14-30(40)31-23-22-28(24-41(31)47)45-33-16-4-6-18-35(33)46(36-19-7-5-17-34(36)45)39-27-48-43-26-44-37(25-38(39)43)32-15-9-11-21-42(32)49-44/h1-26,39H,27H2. The Hall–Kier alpha value is -6.32. The number of furan rings is 1. The lowest BCUT2D eigenvalue weighted by molar-refractivity contribution is 0.344. The van der Waals surface area contributed by atoms with Gasteiger partial charge in [-0.1, -0.05) is 115 Å². The monoisotopic (exact) mass is 627 g/mol. The molecule has 0 radical (unpaired) electrons. The Morgan fingerprint density at radius 2 is 1.10 bits per heavy atom. The van der Waals surface area contributed by atoms with Gasteiger partial charge >= 0.3 is 0 Å². The van der Waals surface area contributed by atoms with Crippen LogP contribution in [0.15, 0.2) is 162 Å². The Morgan fingerprint density at radius 3 is 1.88 bits per heavy atom. The van der Waals surface area contributed by atoms with Crippen LogP contribution in [0.4, 0.5) is 0 Å². The lowest BCUT2D eigenvalue weighted by Crippen LogP contribution is -2.05. The van der Waals surface area contributed by atoms with E-state index < -0.39 is 0 Å². The fraction of sp³-hybridized carbons (Fsp3) is 0.0435. The molecule has 49 heavy (non-hydrogen) atoms. The summed E-state index contributed by atoms with van der Waals surface area (Å²) in [7, 11) is 0. The van der Waals surface area contributed by atoms with Crippen LogP contribution >= 0.6 is 0 Å². The third-order valence-electron chi connectivity index (χ3n) is 10.6. The van der Waals surface area contributed by atoms with Crippen LogP contribution in [0.1, 0.15) is 17.0 Å². The minimum Gasteiger partial charge on any atom is -0.492 e. The number of hydrogen-bond acceptors (Lipinski definition) is 2. The largest absolute Gasteiger partial charge is 0.492 e. The number of fused-ring (bicyclic) bond motifs is 9. The number of ether oxygens (including phenoxy) is 1. The first-order chi connectivity index (χ1) is 24.3. The van der Waals surface area contributed by atoms with E-state index in [1.807, 2.05) is 12.1 Å². The SMILES string of the molecule is c1ccc(-n2c3ccccc3c3ccc(-c4c5ccccc5c(C5COc6cc7oc8ccccc8c7cc65)c5ccccc45)cc32)cc1. The van der Waals surface area contributed by atoms with Gasteiger partial charge in [0.25, 0.3) is 0 Å². The second kappa shape index (κ2) is 10.1. The van der Waals surface area contributed by atoms with E-state index in [4.69, 9.17) is 9.15 Å². The average Bonchev–Trinajstić information content (AvgIpc) is 3.84. The molecule has 1 aliphatic rings. The molecule has 2 aromatic heterocycles. The Labute approximate surface area is 282 Å². The van der Waals surface area contributed by atoms with Crippen molar-refractivity contribution >= 4 is 65.3 Å². The third-order valence-corrected chi connectivity index (χ3v) is 10.6. The molecule has 8 aromatic carbocycles. The second-order valence-corrected chi connectivity index (χ2v) is 13.1. The molecule has 1 unspecified atom stereocenters. The summed E-state index contributed by atoms with van der Waals surface area (Å²) >= 11 is 0. The molecule has 230 valence electrons. The second-order valence-electron chi connectivity index (χ2n) is 13.1. The van der Waals surface area contributed by atoms with Gasteiger partial charge < -0.3 is 13.7 Å². The Morgan fingerprint density at radius 1 is 0.469 bits per heavy atom. The van der Waals surface area contributed by atoms with Crippen molar-refractivity contribution in [3.05, 3.63) is 169 Å². The van der Waals surface area contributed by atoms with Crippen molar-refractivity contribution in [2.45, 2.75) is 5.92 Å². The zero-order chi connectivity index (χ0) is 32.1. The van der Waals surface area contributed by atoms with E-state index in [1.54, 1.807) is 0 Å². The van der Waals surface area contributed by atoms with Crippen molar-refractivity contribution in [2.24, 2.45) is 0 Å². The Bertz CT molecular complexity index is 2890. The molecule has 3 nitrogen and oxygen atoms in total. The summed E-state index contributed by atoms with van der Waals surface area (Å²) in [5.74, 6) is 0.994. The summed E-state index contributed by atoms with van der Waals surface area (Å²) < 4.78 is 15.1. The average molecular weight is 628 g/mol. The first-order valence-electron chi connectivity index (χ1n) is 16.9. The molecule has 0 saturated heterocycles. The maximum Gasteiger partial charge on any atom is 0.139 e. The van der Waals surface area contributed by atoms with Gasteiger partial charge in [-0.2, -0.15) is 0 Å². The fourth-order valence-electron chi connectivity index (χ4n) is 8.50. The number of benzene rings is 8. The minimum atomic E-state index is 0.0833. The molecule has 1 aliphatic heterocycles. The summed E-state index contributed by atoms with van der Waals surface area (Å²) in [5, 5.41) is 9.82. The van der Waals surface area contributed by atoms with Gasteiger partial charge in [-0.05, 0) is 74.6 Å². The number of aromatic nitrogens is 1. The molecule has 3 heteroatoms. The molecule has 0 fully saturated rings. The lowest BCUT2D eigenvalue weighted by Gasteiger charge is -2.21. The topological polar surface area (TPSA) is 27.3 Å². The van der Waals surface area contributed by atoms with Crippen LogP contribution in [0.2, 0.25) is 0 Å². The van der Waals surface area contributed by atoms with Crippen LogP contribution in [-0.2, 0) is 0 Å². The van der Waals surface area contributed by atoms with E-state index in [1.165, 1.54) is 65.6 Å². The molecule has 0 N–H and O–H groups in total. The lowest BCUT2D eigenvalue weighted by atomic mass is 9.81. The van der Waals surface area contributed by atoms with Gasteiger partial charge in [0.05, 0.1) is 17.6 Å². The van der Waals surface area contributed by atoms with Crippen molar-refractivity contribution in [3.63, 3.8) is 0 Å². The number of para-hydroxylation sites is 3. The highest BCUT2D eigenvalue weighted by Crippen LogP contribution is 2.49. The molecule has 0 saturated carbocycles. The summed E-state index contributed by atoms with van der Waals surface area (Å²) in [4.78, 5) is 0. The Kier molecular flexibility index (Phi) is 5.50. The molecule has 11 rings (SSSR count). The van der Waals surface area contributed by atoms with Crippen LogP contribution < -0.4 is 4.74 Å². The quantitative estimate of drug-likeness (QED) is 0.182. The van der Waals surface area contributed by atoms with E-state index in [0.29, 0.717) is 6.61 Å². The summed E-state index contributed by atoms with van der Waals surface area (Å²) in [6, 6.07) is 57.0. The molecule has 10 aromatic rings. The van der Waals surface area contributed by atoms with Crippen LogP contribution in [0, 0.1) is 0 Å². The van der Waals surface area contributed by atoms with Gasteiger partial charge in [-0.3, -0.25) is 0 Å². The van der Waals surface area contributed by atoms with Crippen LogP contribution in [0.3, 0.4) is 0 Å². The highest BCUT2D eigenvalue weighted by molar-refractivity contribution is 6.17. The van der Waals surface area contributed by atoms with Crippen LogP contribution in [0.25, 0.3) is 82.1 Å². The predicted molar refractivity (Wildman–Crippen MR) is 202 cm³/mol. The number of nitrogens with zero attached hydrogens (tertiary/aromatic N) is 1. The van der Waals surface area contributed by atoms with Gasteiger partial charge in [0.2, 0.25) is 0 Å². The Balaban J connectivity index is 1.18. The molecule has 0 bridgehead atoms. The number of rotatable bonds is 3. The zero-order valence-corrected chi connectivity index (χ0v) is 26.6. The summed E-state index contributed by atoms with van der Waals surface area (Å²) in [6.45, 7) is 0.594. The summed E-state index contributed by atoms with van der Waals surface area (Å²) in [5.41, 5.74) is 10.4.